The third-order valence-electron chi connectivity index (χ3n) is 4.40. The van der Waals surface area contributed by atoms with E-state index in [4.69, 9.17) is 21.1 Å². The summed E-state index contributed by atoms with van der Waals surface area (Å²) in [5, 5.41) is 0.271. The zero-order valence-electron chi connectivity index (χ0n) is 14.7. The number of rotatable bonds is 3. The molecule has 1 aliphatic heterocycles. The third kappa shape index (κ3) is 3.11. The van der Waals surface area contributed by atoms with Crippen molar-refractivity contribution in [3.63, 3.8) is 0 Å². The van der Waals surface area contributed by atoms with E-state index in [0.29, 0.717) is 11.3 Å². The Hall–Kier alpha value is -3.05. The molecule has 1 unspecified atom stereocenters. The van der Waals surface area contributed by atoms with Gasteiger partial charge < -0.3 is 14.0 Å². The lowest BCUT2D eigenvalue weighted by Gasteiger charge is -2.06. The number of alkyl halides is 1. The molecule has 0 spiro atoms. The quantitative estimate of drug-likeness (QED) is 0.293. The van der Waals surface area contributed by atoms with E-state index in [-0.39, 0.29) is 17.3 Å². The number of hydrogen-bond donors (Lipinski definition) is 0. The number of allylic oxidation sites excluding steroid dienone is 1. The lowest BCUT2D eigenvalue weighted by atomic mass is 10.1. The molecule has 1 aliphatic rings. The third-order valence-corrected chi connectivity index (χ3v) is 4.58. The maximum atomic E-state index is 12.7. The van der Waals surface area contributed by atoms with Crippen molar-refractivity contribution in [3.05, 3.63) is 65.5 Å². The van der Waals surface area contributed by atoms with Gasteiger partial charge >= 0.3 is 5.97 Å². The summed E-state index contributed by atoms with van der Waals surface area (Å²) in [5.74, 6) is 0.106. The fourth-order valence-electron chi connectivity index (χ4n) is 3.06. The van der Waals surface area contributed by atoms with Crippen LogP contribution in [0.5, 0.6) is 11.5 Å². The largest absolute Gasteiger partial charge is 0.452 e. The van der Waals surface area contributed by atoms with Gasteiger partial charge in [0, 0.05) is 35.8 Å². The van der Waals surface area contributed by atoms with Crippen LogP contribution < -0.4 is 9.47 Å². The van der Waals surface area contributed by atoms with Gasteiger partial charge in [0.25, 0.3) is 0 Å². The van der Waals surface area contributed by atoms with Crippen molar-refractivity contribution in [2.24, 2.45) is 7.05 Å². The topological polar surface area (TPSA) is 57.5 Å². The van der Waals surface area contributed by atoms with Gasteiger partial charge in [-0.25, -0.2) is 0 Å². The smallest absolute Gasteiger partial charge is 0.329 e. The molecule has 5 nitrogen and oxygen atoms in total. The minimum atomic E-state index is -0.761. The molecular weight excluding hydrogens is 366 g/mol. The summed E-state index contributed by atoms with van der Waals surface area (Å²) < 4.78 is 12.9. The molecule has 1 aromatic heterocycles. The van der Waals surface area contributed by atoms with E-state index in [2.05, 4.69) is 0 Å². The first-order valence-corrected chi connectivity index (χ1v) is 8.86. The number of aryl methyl sites for hydroxylation is 1. The average molecular weight is 382 g/mol. The molecule has 1 atom stereocenters. The Bertz CT molecular complexity index is 1110. The standard InChI is InChI=1S/C21H16ClNO4/c1-12(22)21(25)26-14-7-8-16-18(10-14)27-19(20(16)24)9-13-11-23(2)17-6-4-3-5-15(13)17/h3-12H,1-2H3/b19-9-. The van der Waals surface area contributed by atoms with Crippen LogP contribution in [0.3, 0.4) is 0 Å². The second kappa shape index (κ2) is 6.59. The molecule has 3 aromatic rings. The number of halogens is 1. The normalized spacial score (nSPS) is 15.7. The maximum Gasteiger partial charge on any atom is 0.329 e. The number of ketones is 1. The van der Waals surface area contributed by atoms with E-state index in [9.17, 15) is 9.59 Å². The first-order chi connectivity index (χ1) is 12.9. The lowest BCUT2D eigenvalue weighted by Crippen LogP contribution is -2.17. The fourth-order valence-corrected chi connectivity index (χ4v) is 3.10. The molecule has 27 heavy (non-hydrogen) atoms. The molecule has 0 saturated carbocycles. The second-order valence-corrected chi connectivity index (χ2v) is 7.00. The summed E-state index contributed by atoms with van der Waals surface area (Å²) in [4.78, 5) is 24.3. The molecular formula is C21H16ClNO4. The number of carbonyl (C=O) groups excluding carboxylic acids is 2. The molecule has 6 heteroatoms. The van der Waals surface area contributed by atoms with Gasteiger partial charge in [-0.15, -0.1) is 11.6 Å². The van der Waals surface area contributed by atoms with Crippen molar-refractivity contribution in [2.45, 2.75) is 12.3 Å². The van der Waals surface area contributed by atoms with Gasteiger partial charge in [0.2, 0.25) is 5.78 Å². The second-order valence-electron chi connectivity index (χ2n) is 6.35. The minimum Gasteiger partial charge on any atom is -0.452 e. The van der Waals surface area contributed by atoms with Gasteiger partial charge in [0.05, 0.1) is 5.56 Å². The van der Waals surface area contributed by atoms with Crippen LogP contribution in [-0.4, -0.2) is 21.7 Å². The van der Waals surface area contributed by atoms with Crippen molar-refractivity contribution in [1.82, 2.24) is 4.57 Å². The molecule has 2 aromatic carbocycles. The number of hydrogen-bond acceptors (Lipinski definition) is 4. The lowest BCUT2D eigenvalue weighted by molar-refractivity contribution is -0.133. The number of Topliss-reactive ketones (excluding diaryl/α,β-unsaturated/α-hetero) is 1. The van der Waals surface area contributed by atoms with E-state index >= 15 is 0 Å². The van der Waals surface area contributed by atoms with Crippen LogP contribution in [-0.2, 0) is 11.8 Å². The van der Waals surface area contributed by atoms with E-state index in [1.54, 1.807) is 18.2 Å². The van der Waals surface area contributed by atoms with Crippen LogP contribution in [0.25, 0.3) is 17.0 Å². The molecule has 0 radical (unpaired) electrons. The maximum absolute atomic E-state index is 12.7. The SMILES string of the molecule is CC(Cl)C(=O)Oc1ccc2c(c1)O/C(=C\c1cn(C)c3ccccc13)C2=O. The summed E-state index contributed by atoms with van der Waals surface area (Å²) in [6.45, 7) is 1.53. The number of esters is 1. The first-order valence-electron chi connectivity index (χ1n) is 8.42. The highest BCUT2D eigenvalue weighted by molar-refractivity contribution is 6.29. The number of fused-ring (bicyclic) bond motifs is 2. The van der Waals surface area contributed by atoms with Crippen LogP contribution in [0, 0.1) is 0 Å². The molecule has 2 heterocycles. The molecule has 0 aliphatic carbocycles. The summed E-state index contributed by atoms with van der Waals surface area (Å²) >= 11 is 5.71. The van der Waals surface area contributed by atoms with Crippen LogP contribution in [0.15, 0.2) is 54.4 Å². The Balaban J connectivity index is 1.67. The van der Waals surface area contributed by atoms with Crippen LogP contribution in [0.1, 0.15) is 22.8 Å². The van der Waals surface area contributed by atoms with Gasteiger partial charge in [-0.1, -0.05) is 18.2 Å². The minimum absolute atomic E-state index is 0.207. The highest BCUT2D eigenvalue weighted by Crippen LogP contribution is 2.35. The molecule has 0 saturated heterocycles. The van der Waals surface area contributed by atoms with Crippen LogP contribution >= 0.6 is 11.6 Å². The van der Waals surface area contributed by atoms with Crippen molar-refractivity contribution in [1.29, 1.82) is 0 Å². The first kappa shape index (κ1) is 17.4. The fraction of sp³-hybridized carbons (Fsp3) is 0.143. The zero-order chi connectivity index (χ0) is 19.1. The molecule has 0 N–H and O–H groups in total. The Morgan fingerprint density at radius 1 is 1.26 bits per heavy atom. The Morgan fingerprint density at radius 3 is 2.81 bits per heavy atom. The van der Waals surface area contributed by atoms with E-state index in [1.807, 2.05) is 42.1 Å². The van der Waals surface area contributed by atoms with Gasteiger partial charge in [-0.05, 0) is 31.2 Å². The predicted octanol–water partition coefficient (Wildman–Crippen LogP) is 4.33. The Morgan fingerprint density at radius 2 is 2.04 bits per heavy atom. The van der Waals surface area contributed by atoms with Crippen molar-refractivity contribution >= 4 is 40.3 Å². The molecule has 136 valence electrons. The number of benzene rings is 2. The van der Waals surface area contributed by atoms with Crippen LogP contribution in [0.2, 0.25) is 0 Å². The van der Waals surface area contributed by atoms with Gasteiger partial charge in [0.15, 0.2) is 5.76 Å². The average Bonchev–Trinajstić information content (AvgIpc) is 3.13. The van der Waals surface area contributed by atoms with E-state index < -0.39 is 11.3 Å². The van der Waals surface area contributed by atoms with Gasteiger partial charge in [-0.2, -0.15) is 0 Å². The monoisotopic (exact) mass is 381 g/mol. The number of nitrogens with zero attached hydrogens (tertiary/aromatic N) is 1. The van der Waals surface area contributed by atoms with E-state index in [1.165, 1.54) is 13.0 Å². The Labute approximate surface area is 160 Å². The number of aromatic nitrogens is 1. The summed E-state index contributed by atoms with van der Waals surface area (Å²) in [6.07, 6.45) is 3.68. The molecule has 0 bridgehead atoms. The summed E-state index contributed by atoms with van der Waals surface area (Å²) in [5.41, 5.74) is 2.39. The predicted molar refractivity (Wildman–Crippen MR) is 103 cm³/mol. The summed E-state index contributed by atoms with van der Waals surface area (Å²) in [7, 11) is 1.95. The molecule has 0 fully saturated rings. The van der Waals surface area contributed by atoms with Crippen molar-refractivity contribution in [2.75, 3.05) is 0 Å². The molecule has 0 amide bonds. The highest BCUT2D eigenvalue weighted by Gasteiger charge is 2.28. The number of ether oxygens (including phenoxy) is 2. The van der Waals surface area contributed by atoms with Crippen molar-refractivity contribution in [3.8, 4) is 11.5 Å². The number of carbonyl (C=O) groups is 2. The zero-order valence-corrected chi connectivity index (χ0v) is 15.5. The number of para-hydroxylation sites is 1. The Kier molecular flexibility index (Phi) is 4.24. The van der Waals surface area contributed by atoms with Crippen LogP contribution in [0.4, 0.5) is 0 Å². The van der Waals surface area contributed by atoms with Crippen molar-refractivity contribution < 1.29 is 19.1 Å². The highest BCUT2D eigenvalue weighted by atomic mass is 35.5. The molecule has 4 rings (SSSR count). The van der Waals surface area contributed by atoms with Gasteiger partial charge in [-0.3, -0.25) is 9.59 Å². The van der Waals surface area contributed by atoms with Gasteiger partial charge in [0.1, 0.15) is 16.9 Å². The van der Waals surface area contributed by atoms with E-state index in [0.717, 1.165) is 16.5 Å². The summed E-state index contributed by atoms with van der Waals surface area (Å²) in [6, 6.07) is 12.6.